The molecule has 1 saturated carbocycles. The van der Waals surface area contributed by atoms with Crippen molar-refractivity contribution in [2.75, 3.05) is 20.3 Å². The summed E-state index contributed by atoms with van der Waals surface area (Å²) >= 11 is 0. The van der Waals surface area contributed by atoms with Crippen molar-refractivity contribution in [3.05, 3.63) is 0 Å². The Morgan fingerprint density at radius 1 is 1.36 bits per heavy atom. The van der Waals surface area contributed by atoms with Gasteiger partial charge in [0.1, 0.15) is 0 Å². The first-order valence-electron chi connectivity index (χ1n) is 5.99. The summed E-state index contributed by atoms with van der Waals surface area (Å²) in [5, 5.41) is 3.51. The molecule has 2 nitrogen and oxygen atoms in total. The van der Waals surface area contributed by atoms with E-state index in [1.807, 2.05) is 0 Å². The fourth-order valence-electron chi connectivity index (χ4n) is 2.61. The Kier molecular flexibility index (Phi) is 3.13. The fourth-order valence-corrected chi connectivity index (χ4v) is 2.61. The molecule has 1 unspecified atom stereocenters. The smallest absolute Gasteiger partial charge is 0.0468 e. The lowest BCUT2D eigenvalue weighted by atomic mass is 9.86. The van der Waals surface area contributed by atoms with Crippen LogP contribution in [0, 0.1) is 11.3 Å². The monoisotopic (exact) mass is 197 g/mol. The Bertz CT molecular complexity index is 183. The molecule has 82 valence electrons. The molecule has 1 N–H and O–H groups in total. The lowest BCUT2D eigenvalue weighted by Crippen LogP contribution is -2.36. The highest BCUT2D eigenvalue weighted by atomic mass is 16.5. The summed E-state index contributed by atoms with van der Waals surface area (Å²) in [4.78, 5) is 0. The van der Waals surface area contributed by atoms with Crippen molar-refractivity contribution in [2.24, 2.45) is 11.3 Å². The molecule has 1 saturated heterocycles. The van der Waals surface area contributed by atoms with Gasteiger partial charge in [-0.3, -0.25) is 0 Å². The second-order valence-electron chi connectivity index (χ2n) is 5.29. The maximum atomic E-state index is 5.40. The van der Waals surface area contributed by atoms with Gasteiger partial charge in [0.15, 0.2) is 0 Å². The van der Waals surface area contributed by atoms with Crippen LogP contribution in [0.4, 0.5) is 0 Å². The highest BCUT2D eigenvalue weighted by Crippen LogP contribution is 2.50. The first-order chi connectivity index (χ1) is 6.74. The van der Waals surface area contributed by atoms with Gasteiger partial charge in [-0.25, -0.2) is 0 Å². The Morgan fingerprint density at radius 2 is 2.00 bits per heavy atom. The standard InChI is InChI=1S/C12H23NO/c1-12(5-6-12)11(13-2)9-10-3-7-14-8-4-10/h10-11,13H,3-9H2,1-2H3. The van der Waals surface area contributed by atoms with E-state index in [1.54, 1.807) is 0 Å². The predicted molar refractivity (Wildman–Crippen MR) is 58.3 cm³/mol. The number of hydrogen-bond acceptors (Lipinski definition) is 2. The van der Waals surface area contributed by atoms with Crippen LogP contribution in [0.1, 0.15) is 39.0 Å². The van der Waals surface area contributed by atoms with Gasteiger partial charge < -0.3 is 10.1 Å². The molecule has 0 aromatic heterocycles. The summed E-state index contributed by atoms with van der Waals surface area (Å²) in [6.45, 7) is 4.39. The summed E-state index contributed by atoms with van der Waals surface area (Å²) in [6.07, 6.45) is 6.74. The average molecular weight is 197 g/mol. The molecular weight excluding hydrogens is 174 g/mol. The molecule has 1 aliphatic carbocycles. The van der Waals surface area contributed by atoms with Crippen LogP contribution in [0.25, 0.3) is 0 Å². The maximum absolute atomic E-state index is 5.40. The quantitative estimate of drug-likeness (QED) is 0.746. The van der Waals surface area contributed by atoms with Crippen LogP contribution in [-0.4, -0.2) is 26.3 Å². The van der Waals surface area contributed by atoms with Crippen LogP contribution in [0.2, 0.25) is 0 Å². The second kappa shape index (κ2) is 4.19. The zero-order valence-electron chi connectivity index (χ0n) is 9.51. The van der Waals surface area contributed by atoms with Gasteiger partial charge in [-0.2, -0.15) is 0 Å². The molecule has 1 atom stereocenters. The maximum Gasteiger partial charge on any atom is 0.0468 e. The van der Waals surface area contributed by atoms with Crippen molar-refractivity contribution in [2.45, 2.75) is 45.1 Å². The third kappa shape index (κ3) is 2.29. The Morgan fingerprint density at radius 3 is 2.50 bits per heavy atom. The highest BCUT2D eigenvalue weighted by molar-refractivity contribution is 4.98. The summed E-state index contributed by atoms with van der Waals surface area (Å²) in [5.74, 6) is 0.902. The molecule has 0 amide bonds. The first-order valence-corrected chi connectivity index (χ1v) is 5.99. The second-order valence-corrected chi connectivity index (χ2v) is 5.29. The van der Waals surface area contributed by atoms with Crippen LogP contribution in [0.3, 0.4) is 0 Å². The summed E-state index contributed by atoms with van der Waals surface area (Å²) < 4.78 is 5.40. The van der Waals surface area contributed by atoms with Gasteiger partial charge in [-0.1, -0.05) is 6.92 Å². The number of ether oxygens (including phenoxy) is 1. The van der Waals surface area contributed by atoms with E-state index in [9.17, 15) is 0 Å². The molecule has 0 aromatic rings. The van der Waals surface area contributed by atoms with Gasteiger partial charge in [0.05, 0.1) is 0 Å². The van der Waals surface area contributed by atoms with Crippen LogP contribution in [0.15, 0.2) is 0 Å². The average Bonchev–Trinajstić information content (AvgIpc) is 2.95. The molecule has 2 aliphatic rings. The number of nitrogens with one attached hydrogen (secondary N) is 1. The van der Waals surface area contributed by atoms with E-state index in [1.165, 1.54) is 32.1 Å². The van der Waals surface area contributed by atoms with Crippen LogP contribution >= 0.6 is 0 Å². The molecular formula is C12H23NO. The Balaban J connectivity index is 1.81. The molecule has 1 heterocycles. The minimum Gasteiger partial charge on any atom is -0.381 e. The van der Waals surface area contributed by atoms with Gasteiger partial charge in [0.25, 0.3) is 0 Å². The van der Waals surface area contributed by atoms with Crippen molar-refractivity contribution in [3.8, 4) is 0 Å². The van der Waals surface area contributed by atoms with E-state index in [0.29, 0.717) is 5.41 Å². The minimum absolute atomic E-state index is 0.618. The van der Waals surface area contributed by atoms with Crippen molar-refractivity contribution in [1.82, 2.24) is 5.32 Å². The molecule has 2 fully saturated rings. The van der Waals surface area contributed by atoms with Gasteiger partial charge in [0, 0.05) is 19.3 Å². The SMILES string of the molecule is CNC(CC1CCOCC1)C1(C)CC1. The third-order valence-electron chi connectivity index (χ3n) is 4.14. The largest absolute Gasteiger partial charge is 0.381 e. The number of rotatable bonds is 4. The van der Waals surface area contributed by atoms with Crippen molar-refractivity contribution >= 4 is 0 Å². The molecule has 2 heteroatoms. The molecule has 1 aliphatic heterocycles. The molecule has 0 aromatic carbocycles. The Labute approximate surface area is 87.4 Å². The van der Waals surface area contributed by atoms with E-state index in [-0.39, 0.29) is 0 Å². The van der Waals surface area contributed by atoms with Crippen LogP contribution in [0.5, 0.6) is 0 Å². The van der Waals surface area contributed by atoms with E-state index in [0.717, 1.165) is 25.2 Å². The number of hydrogen-bond donors (Lipinski definition) is 1. The molecule has 0 spiro atoms. The zero-order chi connectivity index (χ0) is 10.0. The third-order valence-corrected chi connectivity index (χ3v) is 4.14. The highest BCUT2D eigenvalue weighted by Gasteiger charge is 2.44. The molecule has 14 heavy (non-hydrogen) atoms. The lowest BCUT2D eigenvalue weighted by molar-refractivity contribution is 0.0578. The van der Waals surface area contributed by atoms with E-state index in [2.05, 4.69) is 19.3 Å². The van der Waals surface area contributed by atoms with Gasteiger partial charge in [0.2, 0.25) is 0 Å². The van der Waals surface area contributed by atoms with E-state index < -0.39 is 0 Å². The van der Waals surface area contributed by atoms with E-state index >= 15 is 0 Å². The van der Waals surface area contributed by atoms with Gasteiger partial charge >= 0.3 is 0 Å². The summed E-state index contributed by atoms with van der Waals surface area (Å²) in [7, 11) is 2.12. The van der Waals surface area contributed by atoms with Crippen molar-refractivity contribution in [1.29, 1.82) is 0 Å². The van der Waals surface area contributed by atoms with Gasteiger partial charge in [-0.15, -0.1) is 0 Å². The predicted octanol–water partition coefficient (Wildman–Crippen LogP) is 2.19. The van der Waals surface area contributed by atoms with Gasteiger partial charge in [-0.05, 0) is 50.5 Å². The minimum atomic E-state index is 0.618. The Hall–Kier alpha value is -0.0800. The first kappa shape index (κ1) is 10.4. The topological polar surface area (TPSA) is 21.3 Å². The zero-order valence-corrected chi connectivity index (χ0v) is 9.51. The van der Waals surface area contributed by atoms with Crippen LogP contribution < -0.4 is 5.32 Å². The molecule has 2 rings (SSSR count). The normalized spacial score (nSPS) is 28.7. The molecule has 0 bridgehead atoms. The molecule has 0 radical (unpaired) electrons. The summed E-state index contributed by atoms with van der Waals surface area (Å²) in [5.41, 5.74) is 0.618. The summed E-state index contributed by atoms with van der Waals surface area (Å²) in [6, 6.07) is 0.741. The van der Waals surface area contributed by atoms with Crippen LogP contribution in [-0.2, 0) is 4.74 Å². The fraction of sp³-hybridized carbons (Fsp3) is 1.00. The van der Waals surface area contributed by atoms with Crippen molar-refractivity contribution < 1.29 is 4.74 Å². The van der Waals surface area contributed by atoms with Crippen molar-refractivity contribution in [3.63, 3.8) is 0 Å². The lowest BCUT2D eigenvalue weighted by Gasteiger charge is -2.30. The van der Waals surface area contributed by atoms with E-state index in [4.69, 9.17) is 4.74 Å².